The van der Waals surface area contributed by atoms with Gasteiger partial charge in [-0.1, -0.05) is 29.8 Å². The minimum absolute atomic E-state index is 0.402. The van der Waals surface area contributed by atoms with Crippen molar-refractivity contribution in [1.29, 1.82) is 5.26 Å². The van der Waals surface area contributed by atoms with Crippen molar-refractivity contribution in [3.8, 4) is 6.07 Å². The first kappa shape index (κ1) is 16.2. The van der Waals surface area contributed by atoms with Crippen molar-refractivity contribution in [2.24, 2.45) is 5.10 Å². The Hall–Kier alpha value is -3.17. The highest BCUT2D eigenvalue weighted by atomic mass is 35.5. The van der Waals surface area contributed by atoms with Crippen LogP contribution in [0.5, 0.6) is 0 Å². The van der Waals surface area contributed by atoms with Crippen LogP contribution in [0.25, 0.3) is 0 Å². The smallest absolute Gasteiger partial charge is 0.318 e. The predicted octanol–water partition coefficient (Wildman–Crippen LogP) is 2.30. The molecule has 0 aliphatic heterocycles. The van der Waals surface area contributed by atoms with E-state index in [2.05, 4.69) is 15.8 Å². The van der Waals surface area contributed by atoms with Crippen LogP contribution in [0.3, 0.4) is 0 Å². The average Bonchev–Trinajstić information content (AvgIpc) is 2.57. The summed E-state index contributed by atoms with van der Waals surface area (Å²) in [5, 5.41) is 15.2. The van der Waals surface area contributed by atoms with Crippen molar-refractivity contribution in [1.82, 2.24) is 5.43 Å². The summed E-state index contributed by atoms with van der Waals surface area (Å²) in [6.07, 6.45) is 1.34. The normalized spacial score (nSPS) is 10.1. The highest BCUT2D eigenvalue weighted by Gasteiger charge is 2.12. The Morgan fingerprint density at radius 1 is 1.09 bits per heavy atom. The van der Waals surface area contributed by atoms with Crippen LogP contribution in [0.2, 0.25) is 5.02 Å². The largest absolute Gasteiger partial charge is 0.329 e. The summed E-state index contributed by atoms with van der Waals surface area (Å²) in [5.74, 6) is -1.79. The van der Waals surface area contributed by atoms with E-state index >= 15 is 0 Å². The second kappa shape index (κ2) is 7.73. The Morgan fingerprint density at radius 3 is 2.43 bits per heavy atom. The number of hydrazone groups is 1. The number of hydrogen-bond acceptors (Lipinski definition) is 4. The maximum absolute atomic E-state index is 11.7. The molecule has 0 aliphatic carbocycles. The summed E-state index contributed by atoms with van der Waals surface area (Å²) in [6.45, 7) is 0. The predicted molar refractivity (Wildman–Crippen MR) is 87.0 cm³/mol. The lowest BCUT2D eigenvalue weighted by molar-refractivity contribution is -0.136. The first-order valence-electron chi connectivity index (χ1n) is 6.49. The van der Waals surface area contributed by atoms with Gasteiger partial charge in [0.05, 0.1) is 17.8 Å². The molecular weight excluding hydrogens is 316 g/mol. The van der Waals surface area contributed by atoms with Gasteiger partial charge in [0.25, 0.3) is 0 Å². The van der Waals surface area contributed by atoms with Crippen LogP contribution < -0.4 is 10.7 Å². The van der Waals surface area contributed by atoms with E-state index in [0.29, 0.717) is 21.8 Å². The van der Waals surface area contributed by atoms with Crippen LogP contribution in [0, 0.1) is 11.3 Å². The molecule has 114 valence electrons. The molecular formula is C16H11ClN4O2. The van der Waals surface area contributed by atoms with Gasteiger partial charge in [0.1, 0.15) is 0 Å². The van der Waals surface area contributed by atoms with Gasteiger partial charge >= 0.3 is 11.8 Å². The molecule has 0 spiro atoms. The van der Waals surface area contributed by atoms with Crippen LogP contribution in [0.15, 0.2) is 53.6 Å². The molecule has 0 radical (unpaired) electrons. The quantitative estimate of drug-likeness (QED) is 0.514. The molecule has 2 rings (SSSR count). The van der Waals surface area contributed by atoms with Gasteiger partial charge in [-0.05, 0) is 30.3 Å². The molecule has 2 aromatic rings. The van der Waals surface area contributed by atoms with E-state index in [1.807, 2.05) is 6.07 Å². The Balaban J connectivity index is 1.91. The van der Waals surface area contributed by atoms with Gasteiger partial charge < -0.3 is 5.32 Å². The topological polar surface area (TPSA) is 94.4 Å². The minimum atomic E-state index is -0.919. The number of anilines is 1. The van der Waals surface area contributed by atoms with Crippen molar-refractivity contribution in [2.75, 3.05) is 5.32 Å². The number of rotatable bonds is 3. The van der Waals surface area contributed by atoms with E-state index in [1.54, 1.807) is 24.3 Å². The fourth-order valence-corrected chi connectivity index (χ4v) is 1.79. The SMILES string of the molecule is N#Cc1ccc(NC(=O)C(=O)NN=Cc2ccccc2Cl)cc1. The van der Waals surface area contributed by atoms with E-state index in [1.165, 1.54) is 30.5 Å². The van der Waals surface area contributed by atoms with Gasteiger partial charge in [0.15, 0.2) is 0 Å². The third-order valence-corrected chi connectivity index (χ3v) is 3.10. The molecule has 0 saturated carbocycles. The Bertz CT molecular complexity index is 794. The summed E-state index contributed by atoms with van der Waals surface area (Å²) in [5.41, 5.74) is 3.58. The van der Waals surface area contributed by atoms with E-state index in [-0.39, 0.29) is 0 Å². The fraction of sp³-hybridized carbons (Fsp3) is 0. The van der Waals surface area contributed by atoms with Crippen LogP contribution in [-0.2, 0) is 9.59 Å². The second-order valence-corrected chi connectivity index (χ2v) is 4.77. The maximum Gasteiger partial charge on any atom is 0.329 e. The lowest BCUT2D eigenvalue weighted by Gasteiger charge is -2.03. The van der Waals surface area contributed by atoms with Crippen LogP contribution in [0.4, 0.5) is 5.69 Å². The van der Waals surface area contributed by atoms with Gasteiger partial charge in [-0.2, -0.15) is 10.4 Å². The molecule has 0 aliphatic rings. The third-order valence-electron chi connectivity index (χ3n) is 2.75. The molecule has 0 saturated heterocycles. The van der Waals surface area contributed by atoms with E-state index in [9.17, 15) is 9.59 Å². The van der Waals surface area contributed by atoms with Crippen LogP contribution in [-0.4, -0.2) is 18.0 Å². The lowest BCUT2D eigenvalue weighted by atomic mass is 10.2. The zero-order valence-electron chi connectivity index (χ0n) is 11.8. The molecule has 2 aromatic carbocycles. The van der Waals surface area contributed by atoms with Crippen molar-refractivity contribution < 1.29 is 9.59 Å². The molecule has 2 amide bonds. The van der Waals surface area contributed by atoms with Crippen LogP contribution >= 0.6 is 11.6 Å². The van der Waals surface area contributed by atoms with Crippen LogP contribution in [0.1, 0.15) is 11.1 Å². The van der Waals surface area contributed by atoms with Crippen molar-refractivity contribution in [3.05, 3.63) is 64.7 Å². The van der Waals surface area contributed by atoms with Crippen molar-refractivity contribution >= 4 is 35.3 Å². The summed E-state index contributed by atoms with van der Waals surface area (Å²) in [7, 11) is 0. The fourth-order valence-electron chi connectivity index (χ4n) is 1.61. The van der Waals surface area contributed by atoms with E-state index < -0.39 is 11.8 Å². The first-order chi connectivity index (χ1) is 11.1. The molecule has 0 heterocycles. The zero-order chi connectivity index (χ0) is 16.7. The summed E-state index contributed by atoms with van der Waals surface area (Å²) in [4.78, 5) is 23.3. The molecule has 0 unspecified atom stereocenters. The molecule has 0 fully saturated rings. The maximum atomic E-state index is 11.7. The molecule has 0 bridgehead atoms. The van der Waals surface area contributed by atoms with Gasteiger partial charge in [0, 0.05) is 16.3 Å². The first-order valence-corrected chi connectivity index (χ1v) is 6.87. The number of carbonyl (C=O) groups is 2. The summed E-state index contributed by atoms with van der Waals surface area (Å²) in [6, 6.07) is 15.0. The molecule has 7 heteroatoms. The van der Waals surface area contributed by atoms with Gasteiger partial charge in [-0.25, -0.2) is 5.43 Å². The second-order valence-electron chi connectivity index (χ2n) is 4.36. The highest BCUT2D eigenvalue weighted by molar-refractivity contribution is 6.39. The number of nitrogens with one attached hydrogen (secondary N) is 2. The number of amides is 2. The molecule has 23 heavy (non-hydrogen) atoms. The third kappa shape index (κ3) is 4.66. The minimum Gasteiger partial charge on any atom is -0.318 e. The van der Waals surface area contributed by atoms with E-state index in [0.717, 1.165) is 0 Å². The average molecular weight is 327 g/mol. The van der Waals surface area contributed by atoms with Gasteiger partial charge in [-0.15, -0.1) is 0 Å². The molecule has 6 nitrogen and oxygen atoms in total. The van der Waals surface area contributed by atoms with Gasteiger partial charge in [-0.3, -0.25) is 9.59 Å². The Kier molecular flexibility index (Phi) is 5.45. The summed E-state index contributed by atoms with van der Waals surface area (Å²) < 4.78 is 0. The molecule has 2 N–H and O–H groups in total. The Labute approximate surface area is 137 Å². The number of benzene rings is 2. The number of hydrogen-bond donors (Lipinski definition) is 2. The Morgan fingerprint density at radius 2 is 1.78 bits per heavy atom. The highest BCUT2D eigenvalue weighted by Crippen LogP contribution is 2.12. The molecule has 0 aromatic heterocycles. The summed E-state index contributed by atoms with van der Waals surface area (Å²) >= 11 is 5.93. The number of nitriles is 1. The number of carbonyl (C=O) groups excluding carboxylic acids is 2. The standard InChI is InChI=1S/C16H11ClN4O2/c17-14-4-2-1-3-12(14)10-19-21-16(23)15(22)20-13-7-5-11(9-18)6-8-13/h1-8,10H,(H,20,22)(H,21,23). The monoisotopic (exact) mass is 326 g/mol. The van der Waals surface area contributed by atoms with Crippen molar-refractivity contribution in [3.63, 3.8) is 0 Å². The molecule has 0 atom stereocenters. The van der Waals surface area contributed by atoms with Crippen molar-refractivity contribution in [2.45, 2.75) is 0 Å². The van der Waals surface area contributed by atoms with E-state index in [4.69, 9.17) is 16.9 Å². The number of halogens is 1. The van der Waals surface area contributed by atoms with Gasteiger partial charge in [0.2, 0.25) is 0 Å². The lowest BCUT2D eigenvalue weighted by Crippen LogP contribution is -2.32. The number of nitrogens with zero attached hydrogens (tertiary/aromatic N) is 2. The zero-order valence-corrected chi connectivity index (χ0v) is 12.5.